The van der Waals surface area contributed by atoms with Gasteiger partial charge < -0.3 is 4.90 Å². The van der Waals surface area contributed by atoms with E-state index in [1.165, 1.54) is 41.2 Å². The van der Waals surface area contributed by atoms with Crippen molar-refractivity contribution in [2.45, 2.75) is 37.0 Å². The average Bonchev–Trinajstić information content (AvgIpc) is 2.80. The highest BCUT2D eigenvalue weighted by molar-refractivity contribution is 7.89. The first kappa shape index (κ1) is 23.9. The first-order valence-corrected chi connectivity index (χ1v) is 12.2. The summed E-state index contributed by atoms with van der Waals surface area (Å²) in [6.07, 6.45) is 3.72. The highest BCUT2D eigenvalue weighted by Crippen LogP contribution is 2.23. The van der Waals surface area contributed by atoms with Gasteiger partial charge in [-0.2, -0.15) is 0 Å². The Morgan fingerprint density at radius 1 is 1.09 bits per heavy atom. The number of hydrogen-bond acceptors (Lipinski definition) is 5. The molecule has 1 aliphatic heterocycles. The van der Waals surface area contributed by atoms with Gasteiger partial charge in [-0.1, -0.05) is 30.3 Å². The molecule has 0 unspecified atom stereocenters. The topological polar surface area (TPSA) is 101 Å². The van der Waals surface area contributed by atoms with Crippen molar-refractivity contribution in [2.75, 3.05) is 26.7 Å². The van der Waals surface area contributed by atoms with Gasteiger partial charge in [-0.15, -0.1) is 0 Å². The number of nitro groups is 1. The second kappa shape index (κ2) is 10.7. The number of rotatable bonds is 9. The quantitative estimate of drug-likeness (QED) is 0.422. The van der Waals surface area contributed by atoms with Gasteiger partial charge in [-0.05, 0) is 49.3 Å². The molecule has 1 fully saturated rings. The van der Waals surface area contributed by atoms with E-state index in [0.717, 1.165) is 32.4 Å². The average molecular weight is 460 g/mol. The predicted octanol–water partition coefficient (Wildman–Crippen LogP) is 3.48. The Morgan fingerprint density at radius 3 is 2.31 bits per heavy atom. The number of hydrogen-bond donors (Lipinski definition) is 0. The maximum Gasteiger partial charge on any atom is 0.269 e. The molecule has 0 aromatic heterocycles. The maximum atomic E-state index is 12.6. The largest absolute Gasteiger partial charge is 0.343 e. The van der Waals surface area contributed by atoms with Crippen LogP contribution in [0.15, 0.2) is 59.5 Å². The summed E-state index contributed by atoms with van der Waals surface area (Å²) < 4.78 is 26.5. The number of carbonyl (C=O) groups excluding carboxylic acids is 1. The van der Waals surface area contributed by atoms with Gasteiger partial charge in [0.05, 0.1) is 9.82 Å². The number of carbonyl (C=O) groups is 1. The highest BCUT2D eigenvalue weighted by atomic mass is 32.2. The van der Waals surface area contributed by atoms with Crippen LogP contribution in [-0.4, -0.2) is 55.1 Å². The van der Waals surface area contributed by atoms with Gasteiger partial charge in [0.1, 0.15) is 0 Å². The molecule has 0 atom stereocenters. The Bertz CT molecular complexity index is 1020. The van der Waals surface area contributed by atoms with E-state index >= 15 is 0 Å². The van der Waals surface area contributed by atoms with Gasteiger partial charge in [0.25, 0.3) is 5.69 Å². The summed E-state index contributed by atoms with van der Waals surface area (Å²) in [5.41, 5.74) is 1.17. The van der Waals surface area contributed by atoms with Gasteiger partial charge in [-0.3, -0.25) is 14.9 Å². The fourth-order valence-corrected chi connectivity index (χ4v) is 5.19. The first-order valence-electron chi connectivity index (χ1n) is 10.8. The zero-order valence-corrected chi connectivity index (χ0v) is 19.0. The zero-order valence-electron chi connectivity index (χ0n) is 18.2. The summed E-state index contributed by atoms with van der Waals surface area (Å²) in [6.45, 7) is 1.69. The van der Waals surface area contributed by atoms with E-state index in [1.807, 2.05) is 23.1 Å². The monoisotopic (exact) mass is 459 g/mol. The minimum atomic E-state index is -3.76. The summed E-state index contributed by atoms with van der Waals surface area (Å²) in [6, 6.07) is 15.2. The van der Waals surface area contributed by atoms with E-state index in [-0.39, 0.29) is 23.0 Å². The third-order valence-corrected chi connectivity index (χ3v) is 7.82. The van der Waals surface area contributed by atoms with Crippen LogP contribution in [0.3, 0.4) is 0 Å². The molecule has 0 spiro atoms. The zero-order chi connectivity index (χ0) is 23.1. The highest BCUT2D eigenvalue weighted by Gasteiger charge is 2.24. The molecule has 0 N–H and O–H groups in total. The minimum absolute atomic E-state index is 0.00239. The molecule has 1 aliphatic rings. The van der Waals surface area contributed by atoms with E-state index in [1.54, 1.807) is 0 Å². The molecule has 9 heteroatoms. The van der Waals surface area contributed by atoms with Gasteiger partial charge in [0.15, 0.2) is 0 Å². The van der Waals surface area contributed by atoms with E-state index in [4.69, 9.17) is 0 Å². The first-order chi connectivity index (χ1) is 15.3. The third-order valence-electron chi connectivity index (χ3n) is 5.95. The van der Waals surface area contributed by atoms with Gasteiger partial charge in [0.2, 0.25) is 15.9 Å². The lowest BCUT2D eigenvalue weighted by Gasteiger charge is -2.32. The summed E-state index contributed by atoms with van der Waals surface area (Å²) in [5, 5.41) is 10.7. The summed E-state index contributed by atoms with van der Waals surface area (Å²) >= 11 is 0. The Balaban J connectivity index is 1.42. The predicted molar refractivity (Wildman–Crippen MR) is 122 cm³/mol. The van der Waals surface area contributed by atoms with E-state index in [2.05, 4.69) is 12.1 Å². The van der Waals surface area contributed by atoms with Crippen LogP contribution in [0, 0.1) is 16.0 Å². The summed E-state index contributed by atoms with van der Waals surface area (Å²) in [4.78, 5) is 24.6. The standard InChI is InChI=1S/C23H29N3O5S/c1-24(32(30,31)22-11-9-21(10-12-22)26(28)29)15-5-8-23(27)25-16-13-20(14-17-25)18-19-6-3-2-4-7-19/h2-4,6-7,9-12,20H,5,8,13-18H2,1H3. The van der Waals surface area contributed by atoms with Crippen LogP contribution in [0.2, 0.25) is 0 Å². The molecule has 1 saturated heterocycles. The normalized spacial score (nSPS) is 15.1. The van der Waals surface area contributed by atoms with Crippen molar-refractivity contribution < 1.29 is 18.1 Å². The van der Waals surface area contributed by atoms with Gasteiger partial charge in [-0.25, -0.2) is 12.7 Å². The molecule has 0 aliphatic carbocycles. The van der Waals surface area contributed by atoms with Crippen molar-refractivity contribution in [2.24, 2.45) is 5.92 Å². The van der Waals surface area contributed by atoms with Crippen LogP contribution >= 0.6 is 0 Å². The number of sulfonamides is 1. The molecule has 0 bridgehead atoms. The number of non-ortho nitro benzene ring substituents is 1. The number of piperidine rings is 1. The third kappa shape index (κ3) is 6.14. The van der Waals surface area contributed by atoms with Crippen molar-refractivity contribution >= 4 is 21.6 Å². The number of amides is 1. The van der Waals surface area contributed by atoms with Crippen LogP contribution in [0.25, 0.3) is 0 Å². The molecule has 8 nitrogen and oxygen atoms in total. The molecular formula is C23H29N3O5S. The molecule has 172 valence electrons. The lowest BCUT2D eigenvalue weighted by atomic mass is 9.90. The number of benzene rings is 2. The number of likely N-dealkylation sites (tertiary alicyclic amines) is 1. The summed E-state index contributed by atoms with van der Waals surface area (Å²) in [7, 11) is -2.30. The Hall–Kier alpha value is -2.78. The fraction of sp³-hybridized carbons (Fsp3) is 0.435. The molecule has 0 saturated carbocycles. The van der Waals surface area contributed by atoms with Crippen LogP contribution in [0.4, 0.5) is 5.69 Å². The second-order valence-corrected chi connectivity index (χ2v) is 10.2. The van der Waals surface area contributed by atoms with Crippen LogP contribution in [0.1, 0.15) is 31.2 Å². The SMILES string of the molecule is CN(CCCC(=O)N1CCC(Cc2ccccc2)CC1)S(=O)(=O)c1ccc([N+](=O)[O-])cc1. The Labute approximate surface area is 189 Å². The molecule has 3 rings (SSSR count). The smallest absolute Gasteiger partial charge is 0.269 e. The number of nitro benzene ring substituents is 1. The van der Waals surface area contributed by atoms with Gasteiger partial charge in [0, 0.05) is 45.2 Å². The van der Waals surface area contributed by atoms with E-state index < -0.39 is 14.9 Å². The second-order valence-electron chi connectivity index (χ2n) is 8.20. The molecule has 1 amide bonds. The Morgan fingerprint density at radius 2 is 1.72 bits per heavy atom. The van der Waals surface area contributed by atoms with Crippen molar-refractivity contribution in [1.82, 2.24) is 9.21 Å². The molecule has 1 heterocycles. The fourth-order valence-electron chi connectivity index (χ4n) is 3.98. The molecule has 0 radical (unpaired) electrons. The molecule has 2 aromatic carbocycles. The van der Waals surface area contributed by atoms with Crippen molar-refractivity contribution in [1.29, 1.82) is 0 Å². The van der Waals surface area contributed by atoms with E-state index in [0.29, 0.717) is 18.8 Å². The maximum absolute atomic E-state index is 12.6. The van der Waals surface area contributed by atoms with Crippen LogP contribution in [0.5, 0.6) is 0 Å². The number of nitrogens with zero attached hydrogens (tertiary/aromatic N) is 3. The minimum Gasteiger partial charge on any atom is -0.343 e. The van der Waals surface area contributed by atoms with Crippen molar-refractivity contribution in [3.05, 3.63) is 70.3 Å². The summed E-state index contributed by atoms with van der Waals surface area (Å²) in [5.74, 6) is 0.642. The lowest BCUT2D eigenvalue weighted by molar-refractivity contribution is -0.384. The molecular weight excluding hydrogens is 430 g/mol. The van der Waals surface area contributed by atoms with E-state index in [9.17, 15) is 23.3 Å². The van der Waals surface area contributed by atoms with Crippen LogP contribution in [-0.2, 0) is 21.2 Å². The molecule has 32 heavy (non-hydrogen) atoms. The Kier molecular flexibility index (Phi) is 7.98. The molecule has 2 aromatic rings. The van der Waals surface area contributed by atoms with Crippen molar-refractivity contribution in [3.8, 4) is 0 Å². The lowest BCUT2D eigenvalue weighted by Crippen LogP contribution is -2.39. The van der Waals surface area contributed by atoms with Gasteiger partial charge >= 0.3 is 0 Å². The van der Waals surface area contributed by atoms with Crippen LogP contribution < -0.4 is 0 Å². The van der Waals surface area contributed by atoms with Crippen molar-refractivity contribution in [3.63, 3.8) is 0 Å².